The van der Waals surface area contributed by atoms with Gasteiger partial charge in [0.15, 0.2) is 0 Å². The Bertz CT molecular complexity index is 931. The highest BCUT2D eigenvalue weighted by Gasteiger charge is 2.29. The quantitative estimate of drug-likeness (QED) is 0.711. The van der Waals surface area contributed by atoms with E-state index in [4.69, 9.17) is 0 Å². The molecule has 8 nitrogen and oxygen atoms in total. The van der Waals surface area contributed by atoms with Crippen molar-refractivity contribution in [2.24, 2.45) is 0 Å². The Labute approximate surface area is 167 Å². The van der Waals surface area contributed by atoms with Gasteiger partial charge in [-0.2, -0.15) is 5.10 Å². The van der Waals surface area contributed by atoms with E-state index in [0.29, 0.717) is 5.69 Å². The standard InChI is InChI=1S/C19H23N7OS/c1-13(2)26(15-3-5-20-6-4-15)19(27)17-11-28-18(24-17)14-7-23-25(10-14)16-8-21-12-22-9-16/h7-13,15,20H,3-6H2,1-2H3. The molecule has 1 amide bonds. The summed E-state index contributed by atoms with van der Waals surface area (Å²) in [7, 11) is 0. The number of nitrogens with zero attached hydrogens (tertiary/aromatic N) is 6. The van der Waals surface area contributed by atoms with Crippen LogP contribution in [0.4, 0.5) is 0 Å². The van der Waals surface area contributed by atoms with Crippen LogP contribution in [0, 0.1) is 0 Å². The van der Waals surface area contributed by atoms with Crippen LogP contribution in [0.2, 0.25) is 0 Å². The fraction of sp³-hybridized carbons (Fsp3) is 0.421. The molecule has 1 aliphatic rings. The Kier molecular flexibility index (Phi) is 5.45. The molecule has 0 atom stereocenters. The first-order chi connectivity index (χ1) is 13.6. The minimum atomic E-state index is 0.00764. The van der Waals surface area contributed by atoms with Crippen LogP contribution in [0.15, 0.2) is 36.5 Å². The summed E-state index contributed by atoms with van der Waals surface area (Å²) in [6, 6.07) is 0.404. The van der Waals surface area contributed by atoms with Gasteiger partial charge >= 0.3 is 0 Å². The molecule has 1 N–H and O–H groups in total. The maximum Gasteiger partial charge on any atom is 0.273 e. The molecule has 28 heavy (non-hydrogen) atoms. The summed E-state index contributed by atoms with van der Waals surface area (Å²) in [5.74, 6) is 0.00764. The van der Waals surface area contributed by atoms with Gasteiger partial charge in [-0.1, -0.05) is 0 Å². The average molecular weight is 398 g/mol. The van der Waals surface area contributed by atoms with Crippen LogP contribution < -0.4 is 5.32 Å². The Morgan fingerprint density at radius 2 is 2.00 bits per heavy atom. The molecular formula is C19H23N7OS. The first kappa shape index (κ1) is 18.7. The van der Waals surface area contributed by atoms with Crippen molar-refractivity contribution in [2.75, 3.05) is 13.1 Å². The number of nitrogens with one attached hydrogen (secondary N) is 1. The lowest BCUT2D eigenvalue weighted by molar-refractivity contribution is 0.0560. The average Bonchev–Trinajstić information content (AvgIpc) is 3.39. The maximum absolute atomic E-state index is 13.2. The Hall–Kier alpha value is -2.65. The molecule has 1 saturated heterocycles. The summed E-state index contributed by atoms with van der Waals surface area (Å²) >= 11 is 1.46. The number of aromatic nitrogens is 5. The minimum absolute atomic E-state index is 0.00764. The van der Waals surface area contributed by atoms with Gasteiger partial charge in [0.05, 0.1) is 18.6 Å². The third-order valence-corrected chi connectivity index (χ3v) is 5.75. The Balaban J connectivity index is 1.55. The second kappa shape index (κ2) is 8.15. The van der Waals surface area contributed by atoms with Gasteiger partial charge in [-0.05, 0) is 39.8 Å². The van der Waals surface area contributed by atoms with E-state index in [1.54, 1.807) is 23.3 Å². The topological polar surface area (TPSA) is 88.8 Å². The van der Waals surface area contributed by atoms with Crippen molar-refractivity contribution in [3.8, 4) is 16.3 Å². The van der Waals surface area contributed by atoms with Gasteiger partial charge in [-0.25, -0.2) is 19.6 Å². The summed E-state index contributed by atoms with van der Waals surface area (Å²) in [4.78, 5) is 27.8. The molecular weight excluding hydrogens is 374 g/mol. The molecule has 0 spiro atoms. The maximum atomic E-state index is 13.2. The van der Waals surface area contributed by atoms with Crippen LogP contribution in [0.25, 0.3) is 16.3 Å². The summed E-state index contributed by atoms with van der Waals surface area (Å²) in [5, 5.41) is 10.3. The van der Waals surface area contributed by atoms with Crippen LogP contribution in [0.3, 0.4) is 0 Å². The van der Waals surface area contributed by atoms with Crippen LogP contribution in [0.1, 0.15) is 37.2 Å². The Morgan fingerprint density at radius 1 is 1.25 bits per heavy atom. The summed E-state index contributed by atoms with van der Waals surface area (Å²) in [6.45, 7) is 6.04. The van der Waals surface area contributed by atoms with Gasteiger partial charge in [-0.15, -0.1) is 11.3 Å². The van der Waals surface area contributed by atoms with Crippen molar-refractivity contribution in [1.29, 1.82) is 0 Å². The molecule has 146 valence electrons. The molecule has 4 heterocycles. The highest BCUT2D eigenvalue weighted by atomic mass is 32.1. The molecule has 0 bridgehead atoms. The summed E-state index contributed by atoms with van der Waals surface area (Å²) in [6.07, 6.45) is 10.4. The molecule has 0 aromatic carbocycles. The fourth-order valence-corrected chi connectivity index (χ4v) is 4.30. The predicted octanol–water partition coefficient (Wildman–Crippen LogP) is 2.39. The van der Waals surface area contributed by atoms with E-state index in [2.05, 4.69) is 39.2 Å². The smallest absolute Gasteiger partial charge is 0.273 e. The molecule has 4 rings (SSSR count). The third-order valence-electron chi connectivity index (χ3n) is 4.86. The minimum Gasteiger partial charge on any atom is -0.332 e. The van der Waals surface area contributed by atoms with Gasteiger partial charge in [0.1, 0.15) is 22.7 Å². The van der Waals surface area contributed by atoms with Crippen LogP contribution in [0.5, 0.6) is 0 Å². The molecule has 9 heteroatoms. The van der Waals surface area contributed by atoms with Gasteiger partial charge < -0.3 is 10.2 Å². The summed E-state index contributed by atoms with van der Waals surface area (Å²) in [5.41, 5.74) is 2.15. The van der Waals surface area contributed by atoms with E-state index < -0.39 is 0 Å². The third kappa shape index (κ3) is 3.81. The van der Waals surface area contributed by atoms with E-state index in [1.807, 2.05) is 16.5 Å². The molecule has 1 aliphatic heterocycles. The lowest BCUT2D eigenvalue weighted by atomic mass is 10.0. The van der Waals surface area contributed by atoms with Crippen molar-refractivity contribution in [1.82, 2.24) is 34.9 Å². The highest BCUT2D eigenvalue weighted by molar-refractivity contribution is 7.13. The molecule has 0 saturated carbocycles. The van der Waals surface area contributed by atoms with Gasteiger partial charge in [0, 0.05) is 29.2 Å². The van der Waals surface area contributed by atoms with Crippen molar-refractivity contribution < 1.29 is 4.79 Å². The second-order valence-electron chi connectivity index (χ2n) is 7.10. The molecule has 0 unspecified atom stereocenters. The van der Waals surface area contributed by atoms with Gasteiger partial charge in [-0.3, -0.25) is 4.79 Å². The summed E-state index contributed by atoms with van der Waals surface area (Å²) < 4.78 is 1.70. The van der Waals surface area contributed by atoms with Crippen molar-refractivity contribution in [3.05, 3.63) is 42.2 Å². The molecule has 3 aromatic heterocycles. The zero-order chi connectivity index (χ0) is 19.5. The first-order valence-corrected chi connectivity index (χ1v) is 10.3. The number of carbonyl (C=O) groups is 1. The number of rotatable bonds is 5. The number of carbonyl (C=O) groups excluding carboxylic acids is 1. The fourth-order valence-electron chi connectivity index (χ4n) is 3.53. The normalized spacial score (nSPS) is 15.1. The number of hydrogen-bond donors (Lipinski definition) is 1. The van der Waals surface area contributed by atoms with Gasteiger partial charge in [0.2, 0.25) is 0 Å². The largest absolute Gasteiger partial charge is 0.332 e. The first-order valence-electron chi connectivity index (χ1n) is 9.43. The number of amides is 1. The predicted molar refractivity (Wildman–Crippen MR) is 107 cm³/mol. The van der Waals surface area contributed by atoms with Crippen molar-refractivity contribution in [3.63, 3.8) is 0 Å². The SMILES string of the molecule is CC(C)N(C(=O)c1csc(-c2cnn(-c3cncnc3)c2)n1)C1CCNCC1. The van der Waals surface area contributed by atoms with E-state index in [9.17, 15) is 4.79 Å². The highest BCUT2D eigenvalue weighted by Crippen LogP contribution is 2.26. The van der Waals surface area contributed by atoms with Crippen LogP contribution in [-0.4, -0.2) is 60.7 Å². The second-order valence-corrected chi connectivity index (χ2v) is 7.95. The van der Waals surface area contributed by atoms with E-state index in [1.165, 1.54) is 17.7 Å². The van der Waals surface area contributed by atoms with Crippen LogP contribution >= 0.6 is 11.3 Å². The van der Waals surface area contributed by atoms with Crippen LogP contribution in [-0.2, 0) is 0 Å². The zero-order valence-corrected chi connectivity index (χ0v) is 16.8. The monoisotopic (exact) mass is 397 g/mol. The lowest BCUT2D eigenvalue weighted by Crippen LogP contribution is -2.49. The zero-order valence-electron chi connectivity index (χ0n) is 15.9. The van der Waals surface area contributed by atoms with Crippen molar-refractivity contribution in [2.45, 2.75) is 38.8 Å². The van der Waals surface area contributed by atoms with Crippen molar-refractivity contribution >= 4 is 17.2 Å². The van der Waals surface area contributed by atoms with E-state index in [0.717, 1.165) is 42.2 Å². The molecule has 1 fully saturated rings. The number of piperidine rings is 1. The molecule has 0 aliphatic carbocycles. The van der Waals surface area contributed by atoms with Gasteiger partial charge in [0.25, 0.3) is 5.91 Å². The molecule has 0 radical (unpaired) electrons. The lowest BCUT2D eigenvalue weighted by Gasteiger charge is -2.37. The number of hydrogen-bond acceptors (Lipinski definition) is 7. The van der Waals surface area contributed by atoms with E-state index >= 15 is 0 Å². The van der Waals surface area contributed by atoms with E-state index in [-0.39, 0.29) is 18.0 Å². The Morgan fingerprint density at radius 3 is 2.71 bits per heavy atom. The molecule has 3 aromatic rings. The number of thiazole rings is 1.